The van der Waals surface area contributed by atoms with Crippen LogP contribution in [0.25, 0.3) is 0 Å². The van der Waals surface area contributed by atoms with Gasteiger partial charge in [0.25, 0.3) is 0 Å². The van der Waals surface area contributed by atoms with Gasteiger partial charge in [0.1, 0.15) is 5.75 Å². The topological polar surface area (TPSA) is 81.4 Å². The lowest BCUT2D eigenvalue weighted by atomic mass is 10.2. The molecule has 0 aliphatic rings. The minimum Gasteiger partial charge on any atom is -0.491 e. The number of nitrogens with one attached hydrogen (secondary N) is 1. The van der Waals surface area contributed by atoms with E-state index in [1.807, 2.05) is 12.1 Å². The first-order valence-electron chi connectivity index (χ1n) is 7.28. The van der Waals surface area contributed by atoms with Crippen LogP contribution >= 0.6 is 31.9 Å². The molecule has 0 saturated heterocycles. The predicted octanol–water partition coefficient (Wildman–Crippen LogP) is 4.26. The number of primary sulfonamides is 1. The summed E-state index contributed by atoms with van der Waals surface area (Å²) in [4.78, 5) is 0.0935. The third-order valence-corrected chi connectivity index (χ3v) is 5.30. The lowest BCUT2D eigenvalue weighted by molar-refractivity contribution is 0.313. The van der Waals surface area contributed by atoms with Crippen molar-refractivity contribution in [3.05, 3.63) is 50.9 Å². The fourth-order valence-electron chi connectivity index (χ4n) is 2.02. The van der Waals surface area contributed by atoms with Crippen LogP contribution in [0.15, 0.2) is 50.2 Å². The molecule has 0 saturated carbocycles. The molecule has 0 heterocycles. The lowest BCUT2D eigenvalue weighted by Gasteiger charge is -2.13. The van der Waals surface area contributed by atoms with Crippen LogP contribution < -0.4 is 15.2 Å². The minimum absolute atomic E-state index is 0.0935. The highest BCUT2D eigenvalue weighted by molar-refractivity contribution is 9.11. The van der Waals surface area contributed by atoms with E-state index >= 15 is 0 Å². The van der Waals surface area contributed by atoms with Crippen LogP contribution in [0.2, 0.25) is 0 Å². The zero-order valence-electron chi connectivity index (χ0n) is 13.1. The Kier molecular flexibility index (Phi) is 6.68. The van der Waals surface area contributed by atoms with Gasteiger partial charge in [-0.05, 0) is 80.2 Å². The van der Waals surface area contributed by atoms with Gasteiger partial charge in [0.15, 0.2) is 0 Å². The molecule has 0 aromatic heterocycles. The van der Waals surface area contributed by atoms with Crippen molar-refractivity contribution in [1.29, 1.82) is 0 Å². The summed E-state index contributed by atoms with van der Waals surface area (Å²) in [7, 11) is -3.66. The molecule has 24 heavy (non-hydrogen) atoms. The molecule has 0 fully saturated rings. The molecule has 8 heteroatoms. The summed E-state index contributed by atoms with van der Waals surface area (Å²) in [5.74, 6) is 0.790. The molecule has 5 nitrogen and oxygen atoms in total. The van der Waals surface area contributed by atoms with Crippen LogP contribution in [0.3, 0.4) is 0 Å². The number of hydrogen-bond donors (Lipinski definition) is 2. The van der Waals surface area contributed by atoms with Crippen LogP contribution in [0.1, 0.15) is 18.9 Å². The fourth-order valence-corrected chi connectivity index (χ4v) is 4.05. The van der Waals surface area contributed by atoms with Gasteiger partial charge < -0.3 is 10.1 Å². The molecular formula is C16H18Br2N2O3S. The molecule has 3 N–H and O–H groups in total. The largest absolute Gasteiger partial charge is 0.491 e. The quantitative estimate of drug-likeness (QED) is 0.624. The summed E-state index contributed by atoms with van der Waals surface area (Å²) in [6.45, 7) is 3.30. The second-order valence-electron chi connectivity index (χ2n) is 5.16. The average molecular weight is 478 g/mol. The molecular weight excluding hydrogens is 460 g/mol. The SMILES string of the molecule is CCCOc1c(Br)cc(CNc2ccc(S(N)(=O)=O)cc2)cc1Br. The molecule has 0 radical (unpaired) electrons. The maximum absolute atomic E-state index is 11.2. The summed E-state index contributed by atoms with van der Waals surface area (Å²) in [6, 6.07) is 10.3. The Morgan fingerprint density at radius 2 is 1.71 bits per heavy atom. The Morgan fingerprint density at radius 3 is 2.21 bits per heavy atom. The number of nitrogens with two attached hydrogens (primary N) is 1. The minimum atomic E-state index is -3.66. The van der Waals surface area contributed by atoms with Crippen molar-refractivity contribution in [1.82, 2.24) is 0 Å². The molecule has 0 amide bonds. The first kappa shape index (κ1) is 19.2. The van der Waals surface area contributed by atoms with Crippen molar-refractivity contribution >= 4 is 47.6 Å². The van der Waals surface area contributed by atoms with Crippen LogP contribution in [-0.4, -0.2) is 15.0 Å². The van der Waals surface area contributed by atoms with E-state index in [1.165, 1.54) is 12.1 Å². The Bertz CT molecular complexity index is 786. The van der Waals surface area contributed by atoms with E-state index in [1.54, 1.807) is 12.1 Å². The highest BCUT2D eigenvalue weighted by Gasteiger charge is 2.10. The number of hydrogen-bond acceptors (Lipinski definition) is 4. The molecule has 2 aromatic carbocycles. The molecule has 130 valence electrons. The van der Waals surface area contributed by atoms with Gasteiger partial charge >= 0.3 is 0 Å². The number of anilines is 1. The lowest BCUT2D eigenvalue weighted by Crippen LogP contribution is -2.12. The predicted molar refractivity (Wildman–Crippen MR) is 103 cm³/mol. The number of ether oxygens (including phenoxy) is 1. The van der Waals surface area contributed by atoms with Crippen LogP contribution in [0, 0.1) is 0 Å². The summed E-state index contributed by atoms with van der Waals surface area (Å²) < 4.78 is 29.9. The Morgan fingerprint density at radius 1 is 1.12 bits per heavy atom. The number of rotatable bonds is 7. The second kappa shape index (κ2) is 8.33. The van der Waals surface area contributed by atoms with Crippen LogP contribution in [0.4, 0.5) is 5.69 Å². The van der Waals surface area contributed by atoms with E-state index in [0.717, 1.165) is 32.4 Å². The normalized spacial score (nSPS) is 11.3. The fraction of sp³-hybridized carbons (Fsp3) is 0.250. The monoisotopic (exact) mass is 476 g/mol. The number of halogens is 2. The van der Waals surface area contributed by atoms with E-state index in [-0.39, 0.29) is 4.90 Å². The first-order valence-corrected chi connectivity index (χ1v) is 10.4. The zero-order valence-corrected chi connectivity index (χ0v) is 17.0. The molecule has 0 atom stereocenters. The van der Waals surface area contributed by atoms with E-state index in [9.17, 15) is 8.42 Å². The Balaban J connectivity index is 2.07. The average Bonchev–Trinajstić information content (AvgIpc) is 2.52. The number of benzene rings is 2. The van der Waals surface area contributed by atoms with Crippen molar-refractivity contribution in [2.75, 3.05) is 11.9 Å². The second-order valence-corrected chi connectivity index (χ2v) is 8.43. The molecule has 0 spiro atoms. The highest BCUT2D eigenvalue weighted by Crippen LogP contribution is 2.35. The third kappa shape index (κ3) is 5.20. The van der Waals surface area contributed by atoms with Gasteiger partial charge in [-0.15, -0.1) is 0 Å². The number of sulfonamides is 1. The summed E-state index contributed by atoms with van der Waals surface area (Å²) in [5.41, 5.74) is 1.86. The first-order chi connectivity index (χ1) is 11.3. The van der Waals surface area contributed by atoms with Gasteiger partial charge in [-0.3, -0.25) is 0 Å². The summed E-state index contributed by atoms with van der Waals surface area (Å²) in [6.07, 6.45) is 0.941. The van der Waals surface area contributed by atoms with Gasteiger partial charge in [0.05, 0.1) is 20.4 Å². The van der Waals surface area contributed by atoms with Gasteiger partial charge in [-0.2, -0.15) is 0 Å². The van der Waals surface area contributed by atoms with E-state index < -0.39 is 10.0 Å². The van der Waals surface area contributed by atoms with Crippen molar-refractivity contribution in [2.24, 2.45) is 5.14 Å². The Labute approximate surface area is 158 Å². The maximum Gasteiger partial charge on any atom is 0.238 e. The van der Waals surface area contributed by atoms with Crippen LogP contribution in [-0.2, 0) is 16.6 Å². The molecule has 0 aliphatic heterocycles. The van der Waals surface area contributed by atoms with E-state index in [4.69, 9.17) is 9.88 Å². The summed E-state index contributed by atoms with van der Waals surface area (Å²) >= 11 is 7.04. The molecule has 2 rings (SSSR count). The van der Waals surface area contributed by atoms with Crippen molar-refractivity contribution in [3.63, 3.8) is 0 Å². The molecule has 0 aliphatic carbocycles. The van der Waals surface area contributed by atoms with Crippen molar-refractivity contribution in [2.45, 2.75) is 24.8 Å². The zero-order chi connectivity index (χ0) is 17.7. The van der Waals surface area contributed by atoms with Gasteiger partial charge in [0.2, 0.25) is 10.0 Å². The van der Waals surface area contributed by atoms with E-state index in [2.05, 4.69) is 44.1 Å². The van der Waals surface area contributed by atoms with Gasteiger partial charge in [-0.25, -0.2) is 13.6 Å². The van der Waals surface area contributed by atoms with Gasteiger partial charge in [-0.1, -0.05) is 6.92 Å². The maximum atomic E-state index is 11.2. The third-order valence-electron chi connectivity index (χ3n) is 3.19. The van der Waals surface area contributed by atoms with Gasteiger partial charge in [0, 0.05) is 12.2 Å². The van der Waals surface area contributed by atoms with Crippen molar-refractivity contribution in [3.8, 4) is 5.75 Å². The van der Waals surface area contributed by atoms with Crippen molar-refractivity contribution < 1.29 is 13.2 Å². The van der Waals surface area contributed by atoms with E-state index in [0.29, 0.717) is 13.2 Å². The highest BCUT2D eigenvalue weighted by atomic mass is 79.9. The standard InChI is InChI=1S/C16H18Br2N2O3S/c1-2-7-23-16-14(17)8-11(9-15(16)18)10-20-12-3-5-13(6-4-12)24(19,21)22/h3-6,8-9,20H,2,7,10H2,1H3,(H2,19,21,22). The smallest absolute Gasteiger partial charge is 0.238 e. The van der Waals surface area contributed by atoms with Crippen LogP contribution in [0.5, 0.6) is 5.75 Å². The summed E-state index contributed by atoms with van der Waals surface area (Å²) in [5, 5.41) is 8.32. The molecule has 0 bridgehead atoms. The molecule has 0 unspecified atom stereocenters. The molecule has 2 aromatic rings. The Hall–Kier alpha value is -1.09.